The number of aliphatic hydroxyl groups is 1. The van der Waals surface area contributed by atoms with Crippen molar-refractivity contribution in [2.45, 2.75) is 32.4 Å². The molecule has 0 saturated carbocycles. The minimum absolute atomic E-state index is 0.165. The number of anilines is 1. The highest BCUT2D eigenvalue weighted by molar-refractivity contribution is 7.09. The summed E-state index contributed by atoms with van der Waals surface area (Å²) >= 11 is 1.75. The van der Waals surface area contributed by atoms with Gasteiger partial charge in [-0.15, -0.1) is 11.3 Å². The second-order valence-corrected chi connectivity index (χ2v) is 6.98. The van der Waals surface area contributed by atoms with Crippen molar-refractivity contribution in [3.8, 4) is 0 Å². The third-order valence-corrected chi connectivity index (χ3v) is 4.97. The number of thiophene rings is 1. The second kappa shape index (κ2) is 8.38. The number of rotatable bonds is 7. The van der Waals surface area contributed by atoms with Crippen LogP contribution in [0.3, 0.4) is 0 Å². The van der Waals surface area contributed by atoms with E-state index in [1.165, 1.54) is 24.1 Å². The van der Waals surface area contributed by atoms with E-state index in [2.05, 4.69) is 37.3 Å². The molecule has 0 atom stereocenters. The van der Waals surface area contributed by atoms with Crippen LogP contribution in [0, 0.1) is 0 Å². The van der Waals surface area contributed by atoms with E-state index in [4.69, 9.17) is 0 Å². The zero-order valence-electron chi connectivity index (χ0n) is 13.4. The Hall–Kier alpha value is -1.50. The quantitative estimate of drug-likeness (QED) is 0.844. The summed E-state index contributed by atoms with van der Waals surface area (Å²) in [6, 6.07) is 4.19. The molecule has 1 aliphatic rings. The molecule has 0 amide bonds. The smallest absolute Gasteiger partial charge is 0.225 e. The van der Waals surface area contributed by atoms with Gasteiger partial charge in [-0.1, -0.05) is 6.07 Å². The zero-order chi connectivity index (χ0) is 15.9. The molecule has 1 aliphatic heterocycles. The van der Waals surface area contributed by atoms with Crippen molar-refractivity contribution in [3.63, 3.8) is 0 Å². The Bertz CT molecular complexity index is 567. The zero-order valence-corrected chi connectivity index (χ0v) is 14.2. The first kappa shape index (κ1) is 16.4. The van der Waals surface area contributed by atoms with Crippen molar-refractivity contribution in [2.24, 2.45) is 0 Å². The number of hydrogen-bond acceptors (Lipinski definition) is 6. The average Bonchev–Trinajstić information content (AvgIpc) is 3.10. The minimum Gasteiger partial charge on any atom is -0.395 e. The summed E-state index contributed by atoms with van der Waals surface area (Å²) < 4.78 is 0. The molecule has 2 aromatic heterocycles. The molecule has 2 aromatic rings. The predicted molar refractivity (Wildman–Crippen MR) is 93.6 cm³/mol. The van der Waals surface area contributed by atoms with Gasteiger partial charge in [-0.2, -0.15) is 0 Å². The third kappa shape index (κ3) is 4.73. The fourth-order valence-electron chi connectivity index (χ4n) is 2.92. The van der Waals surface area contributed by atoms with Gasteiger partial charge in [0.25, 0.3) is 0 Å². The van der Waals surface area contributed by atoms with Crippen LogP contribution in [0.15, 0.2) is 29.9 Å². The van der Waals surface area contributed by atoms with Crippen molar-refractivity contribution < 1.29 is 5.11 Å². The van der Waals surface area contributed by atoms with E-state index < -0.39 is 0 Å². The first-order valence-corrected chi connectivity index (χ1v) is 9.14. The predicted octanol–water partition coefficient (Wildman–Crippen LogP) is 2.52. The van der Waals surface area contributed by atoms with Gasteiger partial charge in [0.1, 0.15) is 0 Å². The Morgan fingerprint density at radius 1 is 1.13 bits per heavy atom. The number of aliphatic hydroxyl groups excluding tert-OH is 1. The van der Waals surface area contributed by atoms with Crippen molar-refractivity contribution >= 4 is 17.3 Å². The molecular weight excluding hydrogens is 308 g/mol. The van der Waals surface area contributed by atoms with E-state index in [0.717, 1.165) is 37.7 Å². The van der Waals surface area contributed by atoms with E-state index in [1.54, 1.807) is 11.3 Å². The monoisotopic (exact) mass is 332 g/mol. The van der Waals surface area contributed by atoms with Gasteiger partial charge in [-0.3, -0.25) is 4.90 Å². The van der Waals surface area contributed by atoms with Crippen LogP contribution in [-0.4, -0.2) is 46.2 Å². The summed E-state index contributed by atoms with van der Waals surface area (Å²) in [5.74, 6) is 0.848. The molecular formula is C17H24N4OS. The van der Waals surface area contributed by atoms with Gasteiger partial charge in [0.15, 0.2) is 0 Å². The fraction of sp³-hybridized carbons (Fsp3) is 0.529. The van der Waals surface area contributed by atoms with Gasteiger partial charge >= 0.3 is 0 Å². The molecule has 5 nitrogen and oxygen atoms in total. The lowest BCUT2D eigenvalue weighted by molar-refractivity contribution is 0.185. The Labute approximate surface area is 141 Å². The molecule has 0 unspecified atom stereocenters. The van der Waals surface area contributed by atoms with Gasteiger partial charge in [-0.25, -0.2) is 9.97 Å². The molecule has 1 saturated heterocycles. The third-order valence-electron chi connectivity index (χ3n) is 4.11. The van der Waals surface area contributed by atoms with Crippen LogP contribution >= 0.6 is 11.3 Å². The van der Waals surface area contributed by atoms with Crippen molar-refractivity contribution in [1.82, 2.24) is 14.9 Å². The van der Waals surface area contributed by atoms with Crippen molar-refractivity contribution in [2.75, 3.05) is 31.1 Å². The van der Waals surface area contributed by atoms with E-state index in [1.807, 2.05) is 12.4 Å². The van der Waals surface area contributed by atoms with Gasteiger partial charge in [0.05, 0.1) is 6.61 Å². The van der Waals surface area contributed by atoms with E-state index in [9.17, 15) is 5.11 Å². The molecule has 3 rings (SSSR count). The van der Waals surface area contributed by atoms with Crippen LogP contribution < -0.4 is 4.90 Å². The summed E-state index contributed by atoms with van der Waals surface area (Å²) in [5, 5.41) is 11.4. The number of piperidine rings is 1. The highest BCUT2D eigenvalue weighted by atomic mass is 32.1. The molecule has 0 spiro atoms. The van der Waals surface area contributed by atoms with Crippen LogP contribution in [0.5, 0.6) is 0 Å². The molecule has 23 heavy (non-hydrogen) atoms. The van der Waals surface area contributed by atoms with Gasteiger partial charge in [-0.05, 0) is 30.7 Å². The summed E-state index contributed by atoms with van der Waals surface area (Å²) in [5.41, 5.74) is 1.09. The van der Waals surface area contributed by atoms with Crippen molar-refractivity contribution in [3.05, 3.63) is 40.3 Å². The van der Waals surface area contributed by atoms with Gasteiger partial charge in [0, 0.05) is 55.6 Å². The molecule has 0 aromatic carbocycles. The Balaban J connectivity index is 1.60. The van der Waals surface area contributed by atoms with Crippen LogP contribution in [0.2, 0.25) is 0 Å². The van der Waals surface area contributed by atoms with E-state index in [-0.39, 0.29) is 6.61 Å². The highest BCUT2D eigenvalue weighted by Crippen LogP contribution is 2.17. The largest absolute Gasteiger partial charge is 0.395 e. The minimum atomic E-state index is 0.165. The lowest BCUT2D eigenvalue weighted by atomic mass is 10.1. The van der Waals surface area contributed by atoms with Crippen LogP contribution in [0.25, 0.3) is 0 Å². The Kier molecular flexibility index (Phi) is 5.96. The maximum Gasteiger partial charge on any atom is 0.225 e. The van der Waals surface area contributed by atoms with Crippen LogP contribution in [0.4, 0.5) is 5.95 Å². The summed E-state index contributed by atoms with van der Waals surface area (Å²) in [4.78, 5) is 14.9. The Morgan fingerprint density at radius 2 is 1.91 bits per heavy atom. The maximum atomic E-state index is 9.28. The molecule has 0 bridgehead atoms. The van der Waals surface area contributed by atoms with Gasteiger partial charge in [0.2, 0.25) is 5.95 Å². The highest BCUT2D eigenvalue weighted by Gasteiger charge is 2.14. The molecule has 6 heteroatoms. The number of nitrogens with zero attached hydrogens (tertiary/aromatic N) is 4. The molecule has 3 heterocycles. The standard InChI is InChI=1S/C17H24N4OS/c22-9-8-20(14-16-5-4-10-23-16)13-15-11-18-17(19-12-15)21-6-2-1-3-7-21/h4-5,10-12,22H,1-3,6-9,13-14H2. The van der Waals surface area contributed by atoms with Gasteiger partial charge < -0.3 is 10.0 Å². The summed E-state index contributed by atoms with van der Waals surface area (Å²) in [6.07, 6.45) is 7.63. The first-order chi connectivity index (χ1) is 11.3. The maximum absolute atomic E-state index is 9.28. The number of aromatic nitrogens is 2. The van der Waals surface area contributed by atoms with E-state index in [0.29, 0.717) is 6.54 Å². The first-order valence-electron chi connectivity index (χ1n) is 8.26. The molecule has 1 N–H and O–H groups in total. The van der Waals surface area contributed by atoms with Crippen LogP contribution in [-0.2, 0) is 13.1 Å². The Morgan fingerprint density at radius 3 is 2.57 bits per heavy atom. The lowest BCUT2D eigenvalue weighted by Crippen LogP contribution is -2.31. The van der Waals surface area contributed by atoms with E-state index >= 15 is 0 Å². The lowest BCUT2D eigenvalue weighted by Gasteiger charge is -2.26. The topological polar surface area (TPSA) is 52.5 Å². The fourth-order valence-corrected chi connectivity index (χ4v) is 3.67. The SMILES string of the molecule is OCCN(Cc1cnc(N2CCCCC2)nc1)Cc1cccs1. The summed E-state index contributed by atoms with van der Waals surface area (Å²) in [6.45, 7) is 4.57. The number of hydrogen-bond donors (Lipinski definition) is 1. The second-order valence-electron chi connectivity index (χ2n) is 5.95. The molecule has 124 valence electrons. The molecule has 0 radical (unpaired) electrons. The molecule has 1 fully saturated rings. The molecule has 0 aliphatic carbocycles. The average molecular weight is 332 g/mol. The van der Waals surface area contributed by atoms with Crippen molar-refractivity contribution in [1.29, 1.82) is 0 Å². The summed E-state index contributed by atoms with van der Waals surface area (Å²) in [7, 11) is 0. The van der Waals surface area contributed by atoms with Crippen LogP contribution in [0.1, 0.15) is 29.7 Å². The normalized spacial score (nSPS) is 15.3.